The Hall–Kier alpha value is -1.77. The minimum atomic E-state index is 0.698. The Morgan fingerprint density at radius 2 is 1.19 bits per heavy atom. The van der Waals surface area contributed by atoms with E-state index in [0.717, 1.165) is 21.5 Å². The molecule has 0 atom stereocenters. The van der Waals surface area contributed by atoms with E-state index in [2.05, 4.69) is 51.2 Å². The summed E-state index contributed by atoms with van der Waals surface area (Å²) in [5.41, 5.74) is 3.23. The van der Waals surface area contributed by atoms with Crippen molar-refractivity contribution >= 4 is 44.6 Å². The summed E-state index contributed by atoms with van der Waals surface area (Å²) in [7, 11) is 0. The average Bonchev–Trinajstić information content (AvgIpc) is 2.53. The molecule has 3 aromatic rings. The van der Waals surface area contributed by atoms with E-state index in [9.17, 15) is 0 Å². The van der Waals surface area contributed by atoms with Gasteiger partial charge in [0.1, 0.15) is 0 Å². The summed E-state index contributed by atoms with van der Waals surface area (Å²) in [6.07, 6.45) is 0. The SMILES string of the molecule is Clc1cc(N(c2ccccc2)c2ccccc2)ccc1Br. The lowest BCUT2D eigenvalue weighted by Crippen LogP contribution is -2.09. The molecule has 0 aliphatic carbocycles. The molecule has 0 radical (unpaired) electrons. The Balaban J connectivity index is 2.14. The van der Waals surface area contributed by atoms with Crippen LogP contribution in [0, 0.1) is 0 Å². The second kappa shape index (κ2) is 6.33. The van der Waals surface area contributed by atoms with Crippen molar-refractivity contribution in [1.82, 2.24) is 0 Å². The fraction of sp³-hybridized carbons (Fsp3) is 0. The van der Waals surface area contributed by atoms with Gasteiger partial charge in [-0.2, -0.15) is 0 Å². The van der Waals surface area contributed by atoms with E-state index in [-0.39, 0.29) is 0 Å². The fourth-order valence-electron chi connectivity index (χ4n) is 2.23. The van der Waals surface area contributed by atoms with Crippen LogP contribution in [0.25, 0.3) is 0 Å². The maximum Gasteiger partial charge on any atom is 0.0568 e. The molecule has 21 heavy (non-hydrogen) atoms. The average molecular weight is 359 g/mol. The number of hydrogen-bond acceptors (Lipinski definition) is 1. The fourth-order valence-corrected chi connectivity index (χ4v) is 2.65. The van der Waals surface area contributed by atoms with Crippen LogP contribution in [0.5, 0.6) is 0 Å². The van der Waals surface area contributed by atoms with Gasteiger partial charge >= 0.3 is 0 Å². The third kappa shape index (κ3) is 3.12. The first-order chi connectivity index (χ1) is 10.3. The van der Waals surface area contributed by atoms with Gasteiger partial charge in [0.25, 0.3) is 0 Å². The summed E-state index contributed by atoms with van der Waals surface area (Å²) in [5.74, 6) is 0. The Morgan fingerprint density at radius 1 is 0.667 bits per heavy atom. The summed E-state index contributed by atoms with van der Waals surface area (Å²) < 4.78 is 0.897. The van der Waals surface area contributed by atoms with Gasteiger partial charge in [0.2, 0.25) is 0 Å². The minimum absolute atomic E-state index is 0.698. The third-order valence-corrected chi connectivity index (χ3v) is 4.42. The van der Waals surface area contributed by atoms with Crippen LogP contribution >= 0.6 is 27.5 Å². The Bertz CT molecular complexity index is 689. The number of rotatable bonds is 3. The topological polar surface area (TPSA) is 3.24 Å². The van der Waals surface area contributed by atoms with Crippen molar-refractivity contribution in [1.29, 1.82) is 0 Å². The quantitative estimate of drug-likeness (QED) is 0.511. The second-order valence-electron chi connectivity index (χ2n) is 4.60. The molecule has 0 aliphatic rings. The van der Waals surface area contributed by atoms with Crippen LogP contribution in [0.2, 0.25) is 5.02 Å². The van der Waals surface area contributed by atoms with Crippen LogP contribution < -0.4 is 4.90 Å². The number of halogens is 2. The first-order valence-corrected chi connectivity index (χ1v) is 7.78. The van der Waals surface area contributed by atoms with Gasteiger partial charge in [-0.3, -0.25) is 0 Å². The number of benzene rings is 3. The van der Waals surface area contributed by atoms with E-state index in [1.165, 1.54) is 0 Å². The first kappa shape index (κ1) is 14.2. The first-order valence-electron chi connectivity index (χ1n) is 6.61. The minimum Gasteiger partial charge on any atom is -0.310 e. The molecule has 3 heteroatoms. The molecule has 0 amide bonds. The Morgan fingerprint density at radius 3 is 1.67 bits per heavy atom. The Labute approximate surface area is 137 Å². The van der Waals surface area contributed by atoms with Gasteiger partial charge in [-0.25, -0.2) is 0 Å². The van der Waals surface area contributed by atoms with Crippen LogP contribution in [0.4, 0.5) is 17.1 Å². The van der Waals surface area contributed by atoms with Crippen LogP contribution in [0.3, 0.4) is 0 Å². The standard InChI is InChI=1S/C18H13BrClN/c19-17-12-11-16(13-18(17)20)21(14-7-3-1-4-8-14)15-9-5-2-6-10-15/h1-13H. The highest BCUT2D eigenvalue weighted by molar-refractivity contribution is 9.10. The zero-order chi connectivity index (χ0) is 14.7. The van der Waals surface area contributed by atoms with Crippen molar-refractivity contribution in [2.24, 2.45) is 0 Å². The zero-order valence-corrected chi connectivity index (χ0v) is 13.6. The van der Waals surface area contributed by atoms with Crippen LogP contribution in [0.1, 0.15) is 0 Å². The smallest absolute Gasteiger partial charge is 0.0568 e. The lowest BCUT2D eigenvalue weighted by molar-refractivity contribution is 1.28. The molecule has 104 valence electrons. The zero-order valence-electron chi connectivity index (χ0n) is 11.2. The largest absolute Gasteiger partial charge is 0.310 e. The molecule has 0 unspecified atom stereocenters. The summed E-state index contributed by atoms with van der Waals surface area (Å²) in [5, 5.41) is 0.698. The van der Waals surface area contributed by atoms with Gasteiger partial charge in [-0.15, -0.1) is 0 Å². The van der Waals surface area contributed by atoms with Gasteiger partial charge in [0.15, 0.2) is 0 Å². The van der Waals surface area contributed by atoms with Crippen molar-refractivity contribution in [2.75, 3.05) is 4.90 Å². The van der Waals surface area contributed by atoms with E-state index in [1.54, 1.807) is 0 Å². The van der Waals surface area contributed by atoms with E-state index in [0.29, 0.717) is 5.02 Å². The highest BCUT2D eigenvalue weighted by Gasteiger charge is 2.12. The molecule has 0 N–H and O–H groups in total. The number of nitrogens with zero attached hydrogens (tertiary/aromatic N) is 1. The molecule has 0 saturated heterocycles. The van der Waals surface area contributed by atoms with E-state index in [1.807, 2.05) is 48.5 Å². The van der Waals surface area contributed by atoms with Crippen molar-refractivity contribution in [3.8, 4) is 0 Å². The number of anilines is 3. The predicted octanol–water partition coefficient (Wildman–Crippen LogP) is 6.57. The number of hydrogen-bond donors (Lipinski definition) is 0. The number of para-hydroxylation sites is 2. The predicted molar refractivity (Wildman–Crippen MR) is 93.8 cm³/mol. The molecule has 3 rings (SSSR count). The van der Waals surface area contributed by atoms with Crippen molar-refractivity contribution < 1.29 is 0 Å². The molecule has 0 fully saturated rings. The van der Waals surface area contributed by atoms with E-state index in [4.69, 9.17) is 11.6 Å². The molecule has 0 saturated carbocycles. The van der Waals surface area contributed by atoms with Gasteiger partial charge in [0.05, 0.1) is 5.02 Å². The maximum atomic E-state index is 6.26. The third-order valence-electron chi connectivity index (χ3n) is 3.19. The molecule has 0 bridgehead atoms. The lowest BCUT2D eigenvalue weighted by Gasteiger charge is -2.25. The van der Waals surface area contributed by atoms with Crippen LogP contribution in [-0.2, 0) is 0 Å². The monoisotopic (exact) mass is 357 g/mol. The highest BCUT2D eigenvalue weighted by Crippen LogP contribution is 2.36. The normalized spacial score (nSPS) is 10.4. The summed E-state index contributed by atoms with van der Waals surface area (Å²) in [4.78, 5) is 2.18. The molecule has 0 spiro atoms. The maximum absolute atomic E-state index is 6.26. The second-order valence-corrected chi connectivity index (χ2v) is 5.87. The summed E-state index contributed by atoms with van der Waals surface area (Å²) in [6.45, 7) is 0. The molecular formula is C18H13BrClN. The Kier molecular flexibility index (Phi) is 4.28. The van der Waals surface area contributed by atoms with Crippen molar-refractivity contribution in [3.05, 3.63) is 88.4 Å². The van der Waals surface area contributed by atoms with Gasteiger partial charge in [0, 0.05) is 21.5 Å². The van der Waals surface area contributed by atoms with E-state index >= 15 is 0 Å². The van der Waals surface area contributed by atoms with Crippen molar-refractivity contribution in [2.45, 2.75) is 0 Å². The molecule has 0 aromatic heterocycles. The lowest BCUT2D eigenvalue weighted by atomic mass is 10.2. The van der Waals surface area contributed by atoms with Crippen LogP contribution in [0.15, 0.2) is 83.3 Å². The summed E-state index contributed by atoms with van der Waals surface area (Å²) >= 11 is 9.70. The van der Waals surface area contributed by atoms with Crippen molar-refractivity contribution in [3.63, 3.8) is 0 Å². The molecular weight excluding hydrogens is 346 g/mol. The molecule has 0 aliphatic heterocycles. The molecule has 3 aromatic carbocycles. The van der Waals surface area contributed by atoms with Gasteiger partial charge in [-0.1, -0.05) is 48.0 Å². The highest BCUT2D eigenvalue weighted by atomic mass is 79.9. The van der Waals surface area contributed by atoms with E-state index < -0.39 is 0 Å². The van der Waals surface area contributed by atoms with Gasteiger partial charge < -0.3 is 4.90 Å². The van der Waals surface area contributed by atoms with Gasteiger partial charge in [-0.05, 0) is 58.4 Å². The summed E-state index contributed by atoms with van der Waals surface area (Å²) in [6, 6.07) is 26.5. The van der Waals surface area contributed by atoms with Crippen LogP contribution in [-0.4, -0.2) is 0 Å². The molecule has 1 nitrogen and oxygen atoms in total. The molecule has 0 heterocycles.